The lowest BCUT2D eigenvalue weighted by Gasteiger charge is -2.15. The first-order valence-electron chi connectivity index (χ1n) is 6.81. The van der Waals surface area contributed by atoms with Gasteiger partial charge in [0.25, 0.3) is 0 Å². The van der Waals surface area contributed by atoms with Crippen molar-refractivity contribution in [3.8, 4) is 11.5 Å². The standard InChI is InChI=1S/C17H20ClNO/c1-12(2)19-11-14-10-13(3)8-9-16(14)20-17-7-5-4-6-15(17)18/h4-10,12,19H,11H2,1-3H3. The van der Waals surface area contributed by atoms with E-state index in [0.29, 0.717) is 16.8 Å². The van der Waals surface area contributed by atoms with Crippen LogP contribution in [0.3, 0.4) is 0 Å². The van der Waals surface area contributed by atoms with Crippen LogP contribution < -0.4 is 10.1 Å². The Kier molecular flexibility index (Phi) is 5.05. The van der Waals surface area contributed by atoms with E-state index in [1.54, 1.807) is 0 Å². The molecule has 3 heteroatoms. The molecular weight excluding hydrogens is 270 g/mol. The quantitative estimate of drug-likeness (QED) is 0.842. The summed E-state index contributed by atoms with van der Waals surface area (Å²) in [6, 6.07) is 14.1. The van der Waals surface area contributed by atoms with Gasteiger partial charge in [0.15, 0.2) is 0 Å². The normalized spacial score (nSPS) is 10.8. The maximum absolute atomic E-state index is 6.14. The molecule has 0 bridgehead atoms. The minimum atomic E-state index is 0.434. The maximum Gasteiger partial charge on any atom is 0.146 e. The van der Waals surface area contributed by atoms with E-state index < -0.39 is 0 Å². The number of hydrogen-bond acceptors (Lipinski definition) is 2. The maximum atomic E-state index is 6.14. The average molecular weight is 290 g/mol. The molecule has 0 aliphatic carbocycles. The summed E-state index contributed by atoms with van der Waals surface area (Å²) in [5.41, 5.74) is 2.36. The molecule has 0 spiro atoms. The fraction of sp³-hybridized carbons (Fsp3) is 0.294. The van der Waals surface area contributed by atoms with Gasteiger partial charge in [-0.1, -0.05) is 55.3 Å². The van der Waals surface area contributed by atoms with Crippen molar-refractivity contribution >= 4 is 11.6 Å². The second-order valence-electron chi connectivity index (χ2n) is 5.18. The number of aryl methyl sites for hydroxylation is 1. The molecule has 0 aliphatic heterocycles. The van der Waals surface area contributed by atoms with Gasteiger partial charge in [-0.25, -0.2) is 0 Å². The highest BCUT2D eigenvalue weighted by molar-refractivity contribution is 6.32. The third-order valence-electron chi connectivity index (χ3n) is 2.97. The van der Waals surface area contributed by atoms with Crippen LogP contribution in [0.2, 0.25) is 5.02 Å². The average Bonchev–Trinajstić information content (AvgIpc) is 2.41. The highest BCUT2D eigenvalue weighted by atomic mass is 35.5. The second kappa shape index (κ2) is 6.78. The third kappa shape index (κ3) is 3.99. The lowest BCUT2D eigenvalue weighted by molar-refractivity contribution is 0.469. The van der Waals surface area contributed by atoms with Gasteiger partial charge in [-0.15, -0.1) is 0 Å². The molecule has 0 saturated carbocycles. The van der Waals surface area contributed by atoms with Crippen LogP contribution in [0, 0.1) is 6.92 Å². The molecule has 106 valence electrons. The van der Waals surface area contributed by atoms with Crippen molar-refractivity contribution < 1.29 is 4.74 Å². The lowest BCUT2D eigenvalue weighted by atomic mass is 10.1. The molecule has 1 N–H and O–H groups in total. The van der Waals surface area contributed by atoms with Crippen molar-refractivity contribution in [2.75, 3.05) is 0 Å². The van der Waals surface area contributed by atoms with Crippen LogP contribution in [0.4, 0.5) is 0 Å². The summed E-state index contributed by atoms with van der Waals surface area (Å²) >= 11 is 6.14. The Hall–Kier alpha value is -1.51. The van der Waals surface area contributed by atoms with Crippen molar-refractivity contribution in [3.05, 3.63) is 58.6 Å². The highest BCUT2D eigenvalue weighted by Crippen LogP contribution is 2.31. The molecule has 2 aromatic rings. The molecule has 0 atom stereocenters. The van der Waals surface area contributed by atoms with E-state index >= 15 is 0 Å². The number of benzene rings is 2. The molecule has 0 radical (unpaired) electrons. The minimum absolute atomic E-state index is 0.434. The Morgan fingerprint density at radius 3 is 2.55 bits per heavy atom. The molecule has 2 nitrogen and oxygen atoms in total. The molecule has 0 heterocycles. The first-order chi connectivity index (χ1) is 9.56. The Bertz CT molecular complexity index is 581. The summed E-state index contributed by atoms with van der Waals surface area (Å²) in [7, 11) is 0. The molecule has 0 amide bonds. The molecule has 2 rings (SSSR count). The first-order valence-corrected chi connectivity index (χ1v) is 7.19. The van der Waals surface area contributed by atoms with E-state index in [0.717, 1.165) is 17.9 Å². The van der Waals surface area contributed by atoms with Crippen molar-refractivity contribution in [2.24, 2.45) is 0 Å². The summed E-state index contributed by atoms with van der Waals surface area (Å²) < 4.78 is 5.96. The zero-order valence-corrected chi connectivity index (χ0v) is 12.9. The van der Waals surface area contributed by atoms with Crippen LogP contribution in [-0.2, 0) is 6.54 Å². The topological polar surface area (TPSA) is 21.3 Å². The highest BCUT2D eigenvalue weighted by Gasteiger charge is 2.08. The SMILES string of the molecule is Cc1ccc(Oc2ccccc2Cl)c(CNC(C)C)c1. The molecule has 0 aliphatic rings. The zero-order valence-electron chi connectivity index (χ0n) is 12.1. The number of nitrogens with one attached hydrogen (secondary N) is 1. The molecule has 20 heavy (non-hydrogen) atoms. The Morgan fingerprint density at radius 1 is 1.10 bits per heavy atom. The van der Waals surface area contributed by atoms with E-state index in [1.807, 2.05) is 36.4 Å². The Labute approximate surface area is 125 Å². The van der Waals surface area contributed by atoms with E-state index in [9.17, 15) is 0 Å². The minimum Gasteiger partial charge on any atom is -0.455 e. The largest absolute Gasteiger partial charge is 0.455 e. The predicted octanol–water partition coefficient (Wildman–Crippen LogP) is 4.94. The van der Waals surface area contributed by atoms with Gasteiger partial charge in [0, 0.05) is 18.2 Å². The predicted molar refractivity (Wildman–Crippen MR) is 84.7 cm³/mol. The van der Waals surface area contributed by atoms with E-state index in [2.05, 4.69) is 32.2 Å². The van der Waals surface area contributed by atoms with Crippen molar-refractivity contribution in [2.45, 2.75) is 33.4 Å². The molecule has 0 unspecified atom stereocenters. The number of hydrogen-bond donors (Lipinski definition) is 1. The summed E-state index contributed by atoms with van der Waals surface area (Å²) in [5.74, 6) is 1.53. The van der Waals surface area contributed by atoms with Crippen molar-refractivity contribution in [1.82, 2.24) is 5.32 Å². The second-order valence-corrected chi connectivity index (χ2v) is 5.59. The van der Waals surface area contributed by atoms with Crippen LogP contribution in [0.1, 0.15) is 25.0 Å². The van der Waals surface area contributed by atoms with Crippen LogP contribution in [0.5, 0.6) is 11.5 Å². The summed E-state index contributed by atoms with van der Waals surface area (Å²) in [6.07, 6.45) is 0. The zero-order chi connectivity index (χ0) is 14.5. The van der Waals surface area contributed by atoms with Crippen molar-refractivity contribution in [1.29, 1.82) is 0 Å². The molecule has 0 saturated heterocycles. The van der Waals surface area contributed by atoms with Crippen LogP contribution >= 0.6 is 11.6 Å². The molecule has 0 aromatic heterocycles. The number of rotatable bonds is 5. The Balaban J connectivity index is 2.24. The van der Waals surface area contributed by atoms with E-state index in [-0.39, 0.29) is 0 Å². The fourth-order valence-corrected chi connectivity index (χ4v) is 2.08. The molecule has 2 aromatic carbocycles. The van der Waals surface area contributed by atoms with Gasteiger partial charge in [0.1, 0.15) is 11.5 Å². The number of halogens is 1. The van der Waals surface area contributed by atoms with Gasteiger partial charge in [0.2, 0.25) is 0 Å². The van der Waals surface area contributed by atoms with Gasteiger partial charge in [-0.3, -0.25) is 0 Å². The summed E-state index contributed by atoms with van der Waals surface area (Å²) in [4.78, 5) is 0. The van der Waals surface area contributed by atoms with Crippen LogP contribution in [-0.4, -0.2) is 6.04 Å². The first kappa shape index (κ1) is 14.9. The van der Waals surface area contributed by atoms with Gasteiger partial charge in [-0.2, -0.15) is 0 Å². The molecule has 0 fully saturated rings. The van der Waals surface area contributed by atoms with Gasteiger partial charge in [-0.05, 0) is 25.1 Å². The van der Waals surface area contributed by atoms with E-state index in [4.69, 9.17) is 16.3 Å². The summed E-state index contributed by atoms with van der Waals surface area (Å²) in [6.45, 7) is 7.12. The van der Waals surface area contributed by atoms with Crippen molar-refractivity contribution in [3.63, 3.8) is 0 Å². The Morgan fingerprint density at radius 2 is 1.85 bits per heavy atom. The monoisotopic (exact) mass is 289 g/mol. The smallest absolute Gasteiger partial charge is 0.146 e. The van der Waals surface area contributed by atoms with E-state index in [1.165, 1.54) is 5.56 Å². The summed E-state index contributed by atoms with van der Waals surface area (Å²) in [5, 5.41) is 4.04. The van der Waals surface area contributed by atoms with Crippen LogP contribution in [0.25, 0.3) is 0 Å². The van der Waals surface area contributed by atoms with Gasteiger partial charge < -0.3 is 10.1 Å². The third-order valence-corrected chi connectivity index (χ3v) is 3.29. The van der Waals surface area contributed by atoms with Gasteiger partial charge in [0.05, 0.1) is 5.02 Å². The van der Waals surface area contributed by atoms with Crippen LogP contribution in [0.15, 0.2) is 42.5 Å². The number of para-hydroxylation sites is 1. The fourth-order valence-electron chi connectivity index (χ4n) is 1.91. The molecular formula is C17H20ClNO. The number of ether oxygens (including phenoxy) is 1. The lowest BCUT2D eigenvalue weighted by Crippen LogP contribution is -2.22. The van der Waals surface area contributed by atoms with Gasteiger partial charge >= 0.3 is 0 Å².